The topological polar surface area (TPSA) is 58.6 Å². The van der Waals surface area contributed by atoms with Crippen LogP contribution in [0.2, 0.25) is 0 Å². The van der Waals surface area contributed by atoms with Crippen LogP contribution in [0.15, 0.2) is 65.7 Å². The Morgan fingerprint density at radius 1 is 1.00 bits per heavy atom. The summed E-state index contributed by atoms with van der Waals surface area (Å²) in [5, 5.41) is 4.62. The van der Waals surface area contributed by atoms with Crippen LogP contribution in [0, 0.1) is 11.6 Å². The molecular formula is C23H18F2N2O3S. The number of halogens is 2. The summed E-state index contributed by atoms with van der Waals surface area (Å²) in [7, 11) is 1.58. The fourth-order valence-electron chi connectivity index (χ4n) is 3.30. The quantitative estimate of drug-likeness (QED) is 0.551. The number of hydrogen-bond donors (Lipinski definition) is 1. The molecule has 158 valence electrons. The van der Waals surface area contributed by atoms with E-state index in [-0.39, 0.29) is 23.5 Å². The van der Waals surface area contributed by atoms with Crippen molar-refractivity contribution >= 4 is 34.4 Å². The van der Waals surface area contributed by atoms with Crippen molar-refractivity contribution in [3.63, 3.8) is 0 Å². The first-order valence-electron chi connectivity index (χ1n) is 9.47. The number of rotatable bonds is 7. The average molecular weight is 440 g/mol. The molecule has 8 heteroatoms. The predicted octanol–water partition coefficient (Wildman–Crippen LogP) is 4.47. The Hall–Kier alpha value is -3.52. The van der Waals surface area contributed by atoms with Crippen molar-refractivity contribution in [3.05, 3.63) is 87.7 Å². The van der Waals surface area contributed by atoms with Crippen LogP contribution in [0.1, 0.15) is 10.4 Å². The molecule has 4 rings (SSSR count). The molecule has 0 atom stereocenters. The molecule has 3 aromatic rings. The Morgan fingerprint density at radius 3 is 2.42 bits per heavy atom. The summed E-state index contributed by atoms with van der Waals surface area (Å²) in [4.78, 5) is 28.0. The average Bonchev–Trinajstić information content (AvgIpc) is 3.37. The van der Waals surface area contributed by atoms with E-state index in [9.17, 15) is 18.4 Å². The normalized spacial score (nSPS) is 13.8. The standard InChI is InChI=1S/C23H18F2N2O3S/c1-30-16-7-4-14(5-8-16)10-11-27-22(28)20(19-3-2-12-31-19)21(23(27)29)26-15-6-9-17(24)18(25)13-15/h2-9,12-13,26H,10-11H2,1H3. The highest BCUT2D eigenvalue weighted by atomic mass is 32.1. The summed E-state index contributed by atoms with van der Waals surface area (Å²) in [5.74, 6) is -2.25. The number of carbonyl (C=O) groups excluding carboxylic acids is 2. The van der Waals surface area contributed by atoms with Gasteiger partial charge in [-0.15, -0.1) is 11.3 Å². The van der Waals surface area contributed by atoms with E-state index in [0.29, 0.717) is 11.3 Å². The Balaban J connectivity index is 1.60. The molecule has 2 amide bonds. The first kappa shape index (κ1) is 20.7. The monoisotopic (exact) mass is 440 g/mol. The SMILES string of the molecule is COc1ccc(CCN2C(=O)C(Nc3ccc(F)c(F)c3)=C(c3cccs3)C2=O)cc1. The molecule has 0 saturated heterocycles. The van der Waals surface area contributed by atoms with E-state index in [0.717, 1.165) is 23.4 Å². The molecule has 0 saturated carbocycles. The number of carbonyl (C=O) groups is 2. The molecule has 0 fully saturated rings. The fraction of sp³-hybridized carbons (Fsp3) is 0.130. The summed E-state index contributed by atoms with van der Waals surface area (Å²) in [6, 6.07) is 14.1. The maximum atomic E-state index is 13.6. The van der Waals surface area contributed by atoms with Gasteiger partial charge in [0.2, 0.25) is 0 Å². The molecule has 0 unspecified atom stereocenters. The molecule has 1 aliphatic heterocycles. The number of nitrogens with one attached hydrogen (secondary N) is 1. The molecule has 31 heavy (non-hydrogen) atoms. The second-order valence-electron chi connectivity index (χ2n) is 6.84. The number of thiophene rings is 1. The predicted molar refractivity (Wildman–Crippen MR) is 115 cm³/mol. The molecule has 5 nitrogen and oxygen atoms in total. The molecule has 1 N–H and O–H groups in total. The largest absolute Gasteiger partial charge is 0.497 e. The van der Waals surface area contributed by atoms with Crippen molar-refractivity contribution in [2.24, 2.45) is 0 Å². The lowest BCUT2D eigenvalue weighted by Crippen LogP contribution is -2.34. The van der Waals surface area contributed by atoms with E-state index in [4.69, 9.17) is 4.74 Å². The van der Waals surface area contributed by atoms with Crippen molar-refractivity contribution in [2.45, 2.75) is 6.42 Å². The Morgan fingerprint density at radius 2 is 1.77 bits per heavy atom. The van der Waals surface area contributed by atoms with Crippen molar-refractivity contribution in [1.29, 1.82) is 0 Å². The Labute approximate surface area is 181 Å². The fourth-order valence-corrected chi connectivity index (χ4v) is 4.06. The summed E-state index contributed by atoms with van der Waals surface area (Å²) in [6.07, 6.45) is 0.470. The van der Waals surface area contributed by atoms with Crippen LogP contribution in [-0.2, 0) is 16.0 Å². The van der Waals surface area contributed by atoms with Crippen molar-refractivity contribution in [3.8, 4) is 5.75 Å². The van der Waals surface area contributed by atoms with Gasteiger partial charge >= 0.3 is 0 Å². The van der Waals surface area contributed by atoms with E-state index in [1.807, 2.05) is 24.3 Å². The van der Waals surface area contributed by atoms with E-state index < -0.39 is 23.4 Å². The van der Waals surface area contributed by atoms with Gasteiger partial charge in [-0.3, -0.25) is 14.5 Å². The van der Waals surface area contributed by atoms with Crippen LogP contribution in [0.5, 0.6) is 5.75 Å². The molecule has 0 spiro atoms. The van der Waals surface area contributed by atoms with Gasteiger partial charge < -0.3 is 10.1 Å². The van der Waals surface area contributed by atoms with Crippen molar-refractivity contribution in [1.82, 2.24) is 4.90 Å². The molecule has 1 aliphatic rings. The zero-order valence-electron chi connectivity index (χ0n) is 16.5. The van der Waals surface area contributed by atoms with Gasteiger partial charge in [0.25, 0.3) is 11.8 Å². The summed E-state index contributed by atoms with van der Waals surface area (Å²) >= 11 is 1.32. The van der Waals surface area contributed by atoms with Crippen molar-refractivity contribution < 1.29 is 23.1 Å². The zero-order valence-corrected chi connectivity index (χ0v) is 17.3. The number of ether oxygens (including phenoxy) is 1. The van der Waals surface area contributed by atoms with Gasteiger partial charge in [-0.25, -0.2) is 8.78 Å². The van der Waals surface area contributed by atoms with Crippen LogP contribution in [0.3, 0.4) is 0 Å². The summed E-state index contributed by atoms with van der Waals surface area (Å²) in [5.41, 5.74) is 1.40. The van der Waals surface area contributed by atoms with Crippen LogP contribution >= 0.6 is 11.3 Å². The smallest absolute Gasteiger partial charge is 0.278 e. The second-order valence-corrected chi connectivity index (χ2v) is 7.79. The summed E-state index contributed by atoms with van der Waals surface area (Å²) in [6.45, 7) is 0.182. The maximum absolute atomic E-state index is 13.6. The van der Waals surface area contributed by atoms with Gasteiger partial charge in [0, 0.05) is 23.2 Å². The molecule has 0 bridgehead atoms. The van der Waals surface area contributed by atoms with E-state index >= 15 is 0 Å². The van der Waals surface area contributed by atoms with Gasteiger partial charge in [0.05, 0.1) is 12.7 Å². The van der Waals surface area contributed by atoms with Gasteiger partial charge in [-0.1, -0.05) is 18.2 Å². The minimum Gasteiger partial charge on any atom is -0.497 e. The second kappa shape index (κ2) is 8.69. The van der Waals surface area contributed by atoms with Gasteiger partial charge in [-0.05, 0) is 47.7 Å². The lowest BCUT2D eigenvalue weighted by atomic mass is 10.1. The van der Waals surface area contributed by atoms with Gasteiger partial charge in [0.1, 0.15) is 11.4 Å². The van der Waals surface area contributed by atoms with E-state index in [1.54, 1.807) is 24.6 Å². The first-order valence-corrected chi connectivity index (χ1v) is 10.3. The highest BCUT2D eigenvalue weighted by molar-refractivity contribution is 7.11. The lowest BCUT2D eigenvalue weighted by molar-refractivity contribution is -0.136. The Kier molecular flexibility index (Phi) is 5.81. The third-order valence-corrected chi connectivity index (χ3v) is 5.80. The van der Waals surface area contributed by atoms with Gasteiger partial charge in [0.15, 0.2) is 11.6 Å². The van der Waals surface area contributed by atoms with Gasteiger partial charge in [-0.2, -0.15) is 0 Å². The Bertz CT molecular complexity index is 1160. The highest BCUT2D eigenvalue weighted by Crippen LogP contribution is 2.33. The van der Waals surface area contributed by atoms with Crippen LogP contribution in [-0.4, -0.2) is 30.4 Å². The third kappa shape index (κ3) is 4.20. The zero-order chi connectivity index (χ0) is 22.0. The first-order chi connectivity index (χ1) is 15.0. The molecular weight excluding hydrogens is 422 g/mol. The third-order valence-electron chi connectivity index (χ3n) is 4.91. The molecule has 2 heterocycles. The number of anilines is 1. The minimum atomic E-state index is -1.04. The van der Waals surface area contributed by atoms with Crippen LogP contribution in [0.25, 0.3) is 5.57 Å². The number of amides is 2. The molecule has 0 radical (unpaired) electrons. The number of imide groups is 1. The number of hydrogen-bond acceptors (Lipinski definition) is 5. The van der Waals surface area contributed by atoms with Crippen molar-refractivity contribution in [2.75, 3.05) is 19.0 Å². The summed E-state index contributed by atoms with van der Waals surface area (Å²) < 4.78 is 32.0. The number of benzene rings is 2. The van der Waals surface area contributed by atoms with Crippen LogP contribution in [0.4, 0.5) is 14.5 Å². The minimum absolute atomic E-state index is 0.0492. The maximum Gasteiger partial charge on any atom is 0.278 e. The molecule has 1 aromatic heterocycles. The highest BCUT2D eigenvalue weighted by Gasteiger charge is 2.39. The van der Waals surface area contributed by atoms with E-state index in [1.165, 1.54) is 22.3 Å². The number of methoxy groups -OCH3 is 1. The molecule has 0 aliphatic carbocycles. The van der Waals surface area contributed by atoms with E-state index in [2.05, 4.69) is 5.32 Å². The molecule has 2 aromatic carbocycles. The number of nitrogens with zero attached hydrogens (tertiary/aromatic N) is 1. The van der Waals surface area contributed by atoms with Crippen LogP contribution < -0.4 is 10.1 Å². The lowest BCUT2D eigenvalue weighted by Gasteiger charge is -2.15.